The average molecular weight is 610 g/mol. The summed E-state index contributed by atoms with van der Waals surface area (Å²) < 4.78 is 42.0. The lowest BCUT2D eigenvalue weighted by Crippen LogP contribution is -2.25. The molecule has 0 radical (unpaired) electrons. The van der Waals surface area contributed by atoms with Gasteiger partial charge in [-0.3, -0.25) is 9.59 Å². The zero-order chi connectivity index (χ0) is 31.9. The summed E-state index contributed by atoms with van der Waals surface area (Å²) in [6.45, 7) is 12.8. The number of hydrogen-bond acceptors (Lipinski definition) is 4. The number of carboxylic acids is 1. The molecule has 0 saturated heterocycles. The van der Waals surface area contributed by atoms with Gasteiger partial charge in [-0.2, -0.15) is 13.2 Å². The maximum absolute atomic E-state index is 12.3. The minimum Gasteiger partial charge on any atom is -0.497 e. The highest BCUT2D eigenvalue weighted by Crippen LogP contribution is 2.30. The number of methoxy groups -OCH3 is 1. The molecule has 0 aliphatic carbocycles. The maximum atomic E-state index is 12.3. The quantitative estimate of drug-likeness (QED) is 0.175. The van der Waals surface area contributed by atoms with Crippen LogP contribution in [-0.2, 0) is 11.2 Å². The van der Waals surface area contributed by atoms with Crippen molar-refractivity contribution in [1.82, 2.24) is 5.32 Å². The van der Waals surface area contributed by atoms with Gasteiger partial charge in [-0.25, -0.2) is 0 Å². The third-order valence-corrected chi connectivity index (χ3v) is 7.35. The van der Waals surface area contributed by atoms with Crippen molar-refractivity contribution in [3.63, 3.8) is 0 Å². The number of carbonyl (C=O) groups excluding carboxylic acids is 1. The van der Waals surface area contributed by atoms with Crippen LogP contribution in [0.5, 0.6) is 5.75 Å². The summed E-state index contributed by atoms with van der Waals surface area (Å²) in [5.41, 5.74) is 4.15. The molecule has 0 unspecified atom stereocenters. The number of hydrogen-bond donors (Lipinski definition) is 2. The van der Waals surface area contributed by atoms with Gasteiger partial charge in [0, 0.05) is 11.4 Å². The van der Waals surface area contributed by atoms with Crippen molar-refractivity contribution >= 4 is 28.8 Å². The van der Waals surface area contributed by atoms with E-state index in [9.17, 15) is 22.8 Å². The van der Waals surface area contributed by atoms with Gasteiger partial charge in [0.25, 0.3) is 5.91 Å². The van der Waals surface area contributed by atoms with Gasteiger partial charge in [0.15, 0.2) is 0 Å². The predicted octanol–water partition coefficient (Wildman–Crippen LogP) is 9.33. The van der Waals surface area contributed by atoms with Gasteiger partial charge in [-0.05, 0) is 91.5 Å². The monoisotopic (exact) mass is 609 g/mol. The first-order valence-corrected chi connectivity index (χ1v) is 15.1. The van der Waals surface area contributed by atoms with E-state index in [1.54, 1.807) is 13.2 Å². The Labute approximate surface area is 252 Å². The Bertz CT molecular complexity index is 1180. The number of aryl methyl sites for hydroxylation is 3. The molecule has 0 spiro atoms. The van der Waals surface area contributed by atoms with E-state index in [0.717, 1.165) is 47.3 Å². The molecule has 2 rings (SSSR count). The Hall–Kier alpha value is -3.07. The minimum atomic E-state index is -4.17. The van der Waals surface area contributed by atoms with E-state index in [1.807, 2.05) is 51.1 Å². The molecule has 5 nitrogen and oxygen atoms in total. The van der Waals surface area contributed by atoms with Gasteiger partial charge in [-0.1, -0.05) is 52.3 Å². The lowest BCUT2D eigenvalue weighted by atomic mass is 9.89. The Morgan fingerprint density at radius 3 is 2.24 bits per heavy atom. The zero-order valence-electron chi connectivity index (χ0n) is 25.9. The molecule has 0 fully saturated rings. The van der Waals surface area contributed by atoms with Crippen LogP contribution in [0.2, 0.25) is 0 Å². The van der Waals surface area contributed by atoms with Crippen LogP contribution in [0.15, 0.2) is 42.5 Å². The van der Waals surface area contributed by atoms with Crippen molar-refractivity contribution in [1.29, 1.82) is 0 Å². The van der Waals surface area contributed by atoms with Crippen LogP contribution in [0.25, 0.3) is 5.57 Å². The van der Waals surface area contributed by atoms with Crippen molar-refractivity contribution in [2.45, 2.75) is 92.7 Å². The van der Waals surface area contributed by atoms with Crippen LogP contribution in [-0.4, -0.2) is 36.8 Å². The minimum absolute atomic E-state index is 0.0449. The summed E-state index contributed by atoms with van der Waals surface area (Å²) in [5, 5.41) is 11.2. The van der Waals surface area contributed by atoms with Crippen molar-refractivity contribution < 1.29 is 32.6 Å². The third-order valence-electron chi connectivity index (χ3n) is 6.21. The summed E-state index contributed by atoms with van der Waals surface area (Å²) in [4.78, 5) is 24.1. The van der Waals surface area contributed by atoms with E-state index in [2.05, 4.69) is 26.1 Å². The van der Waals surface area contributed by atoms with Gasteiger partial charge >= 0.3 is 12.1 Å². The van der Waals surface area contributed by atoms with E-state index < -0.39 is 18.6 Å². The molecule has 0 atom stereocenters. The highest BCUT2D eigenvalue weighted by molar-refractivity contribution is 7.14. The molecule has 1 amide bonds. The number of rotatable bonds is 13. The Morgan fingerprint density at radius 1 is 1.07 bits per heavy atom. The number of unbranched alkanes of at least 4 members (excludes halogenated alkanes) is 1. The Morgan fingerprint density at radius 2 is 1.71 bits per heavy atom. The van der Waals surface area contributed by atoms with Crippen LogP contribution in [0.3, 0.4) is 0 Å². The molecule has 1 aromatic carbocycles. The largest absolute Gasteiger partial charge is 0.497 e. The van der Waals surface area contributed by atoms with Crippen molar-refractivity contribution in [2.24, 2.45) is 5.41 Å². The average Bonchev–Trinajstić information content (AvgIpc) is 3.34. The van der Waals surface area contributed by atoms with E-state index >= 15 is 0 Å². The summed E-state index contributed by atoms with van der Waals surface area (Å²) >= 11 is 1.50. The molecule has 0 saturated carbocycles. The number of allylic oxidation sites excluding steroid dienone is 4. The van der Waals surface area contributed by atoms with Gasteiger partial charge in [0.05, 0.1) is 24.8 Å². The molecule has 0 bridgehead atoms. The first kappa shape index (κ1) is 37.0. The van der Waals surface area contributed by atoms with Crippen molar-refractivity contribution in [2.75, 3.05) is 13.7 Å². The molecule has 2 aromatic rings. The SMILES string of the molecule is CC(C)(C)CCCCc1ccc(C(=O)NCCC(=O)O)s1.CC/C=C(\C=C/CC(F)(F)F)c1c(C)cc(OC)cc1C. The second-order valence-corrected chi connectivity index (χ2v) is 12.5. The molecule has 1 aromatic heterocycles. The number of thiophene rings is 1. The van der Waals surface area contributed by atoms with Crippen molar-refractivity contribution in [3.05, 3.63) is 68.9 Å². The van der Waals surface area contributed by atoms with Crippen LogP contribution >= 0.6 is 11.3 Å². The molecule has 234 valence electrons. The number of benzene rings is 1. The van der Waals surface area contributed by atoms with Crippen LogP contribution < -0.4 is 10.1 Å². The van der Waals surface area contributed by atoms with E-state index in [-0.39, 0.29) is 18.9 Å². The molecule has 2 N–H and O–H groups in total. The van der Waals surface area contributed by atoms with E-state index in [1.165, 1.54) is 35.1 Å². The first-order chi connectivity index (χ1) is 19.6. The Balaban J connectivity index is 0.000000420. The standard InChI is InChI=1S/C17H21F3O.C16H25NO3S/c1-5-7-14(8-6-9-17(18,19)20)16-12(2)10-15(21-4)11-13(16)3;1-16(2,3)10-5-4-6-12-7-8-13(21-12)15(20)17-11-9-14(18)19/h6-8,10-11H,5,9H2,1-4H3;7-8H,4-6,9-11H2,1-3H3,(H,17,20)(H,18,19)/b8-6-,14-7+;. The summed E-state index contributed by atoms with van der Waals surface area (Å²) in [6.07, 6.45) is 4.84. The number of halogens is 3. The van der Waals surface area contributed by atoms with Crippen LogP contribution in [0.4, 0.5) is 13.2 Å². The molecular formula is C33H46F3NO4S. The van der Waals surface area contributed by atoms with E-state index in [4.69, 9.17) is 9.84 Å². The van der Waals surface area contributed by atoms with Gasteiger partial charge in [-0.15, -0.1) is 11.3 Å². The number of carbonyl (C=O) groups is 2. The number of carboxylic acid groups (broad SMARTS) is 1. The van der Waals surface area contributed by atoms with Gasteiger partial charge < -0.3 is 15.2 Å². The Kier molecular flexibility index (Phi) is 15.6. The fourth-order valence-electron chi connectivity index (χ4n) is 4.25. The topological polar surface area (TPSA) is 75.6 Å². The highest BCUT2D eigenvalue weighted by Gasteiger charge is 2.24. The maximum Gasteiger partial charge on any atom is 0.392 e. The fraction of sp³-hybridized carbons (Fsp3) is 0.515. The molecule has 1 heterocycles. The zero-order valence-corrected chi connectivity index (χ0v) is 26.7. The molecular weight excluding hydrogens is 563 g/mol. The molecule has 0 aliphatic heterocycles. The van der Waals surface area contributed by atoms with Crippen LogP contribution in [0.1, 0.15) is 97.5 Å². The number of nitrogens with one attached hydrogen (secondary N) is 1. The summed E-state index contributed by atoms with van der Waals surface area (Å²) in [6, 6.07) is 7.60. The van der Waals surface area contributed by atoms with Crippen LogP contribution in [0, 0.1) is 19.3 Å². The number of alkyl halides is 3. The van der Waals surface area contributed by atoms with Gasteiger partial charge in [0.1, 0.15) is 5.75 Å². The summed E-state index contributed by atoms with van der Waals surface area (Å²) in [7, 11) is 1.60. The van der Waals surface area contributed by atoms with E-state index in [0.29, 0.717) is 10.3 Å². The normalized spacial score (nSPS) is 12.2. The lowest BCUT2D eigenvalue weighted by Gasteiger charge is -2.17. The fourth-order valence-corrected chi connectivity index (χ4v) is 5.21. The predicted molar refractivity (Wildman–Crippen MR) is 166 cm³/mol. The number of ether oxygens (including phenoxy) is 1. The summed E-state index contributed by atoms with van der Waals surface area (Å²) in [5.74, 6) is -0.327. The second-order valence-electron chi connectivity index (χ2n) is 11.4. The number of aliphatic carboxylic acids is 1. The molecule has 0 aliphatic rings. The molecule has 42 heavy (non-hydrogen) atoms. The number of amides is 1. The van der Waals surface area contributed by atoms with Crippen molar-refractivity contribution in [3.8, 4) is 5.75 Å². The highest BCUT2D eigenvalue weighted by atomic mass is 32.1. The molecule has 9 heteroatoms. The second kappa shape index (κ2) is 17.8. The van der Waals surface area contributed by atoms with Gasteiger partial charge in [0.2, 0.25) is 0 Å². The first-order valence-electron chi connectivity index (χ1n) is 14.2. The smallest absolute Gasteiger partial charge is 0.392 e. The third kappa shape index (κ3) is 15.2. The lowest BCUT2D eigenvalue weighted by molar-refractivity contribution is -0.136.